The molecular weight excluding hydrogens is 280 g/mol. The molecule has 6 heteroatoms. The SMILES string of the molecule is C=CCNC(=O)c1nc(C(=O)NCC(C)C)c2n1CCCC2. The van der Waals surface area contributed by atoms with E-state index in [1.807, 2.05) is 18.4 Å². The van der Waals surface area contributed by atoms with Crippen LogP contribution in [0.2, 0.25) is 0 Å². The summed E-state index contributed by atoms with van der Waals surface area (Å²) in [6, 6.07) is 0. The molecule has 0 unspecified atom stereocenters. The number of rotatable bonds is 6. The Balaban J connectivity index is 2.26. The quantitative estimate of drug-likeness (QED) is 0.782. The van der Waals surface area contributed by atoms with Gasteiger partial charge in [0.15, 0.2) is 5.82 Å². The number of hydrogen-bond donors (Lipinski definition) is 2. The number of carbonyl (C=O) groups is 2. The third kappa shape index (κ3) is 3.55. The third-order valence-corrected chi connectivity index (χ3v) is 3.61. The first-order valence-electron chi connectivity index (χ1n) is 7.81. The summed E-state index contributed by atoms with van der Waals surface area (Å²) in [4.78, 5) is 28.9. The molecule has 6 nitrogen and oxygen atoms in total. The predicted octanol–water partition coefficient (Wildman–Crippen LogP) is 1.52. The van der Waals surface area contributed by atoms with Crippen molar-refractivity contribution in [3.63, 3.8) is 0 Å². The highest BCUT2D eigenvalue weighted by Crippen LogP contribution is 2.21. The molecule has 2 N–H and O–H groups in total. The molecule has 0 saturated heterocycles. The number of amides is 2. The van der Waals surface area contributed by atoms with Gasteiger partial charge >= 0.3 is 0 Å². The molecule has 1 aromatic rings. The minimum Gasteiger partial charge on any atom is -0.350 e. The van der Waals surface area contributed by atoms with Crippen molar-refractivity contribution in [1.29, 1.82) is 0 Å². The molecule has 2 heterocycles. The lowest BCUT2D eigenvalue weighted by Gasteiger charge is -2.17. The molecule has 2 amide bonds. The fraction of sp³-hybridized carbons (Fsp3) is 0.562. The summed E-state index contributed by atoms with van der Waals surface area (Å²) in [6.45, 7) is 9.38. The monoisotopic (exact) mass is 304 g/mol. The highest BCUT2D eigenvalue weighted by molar-refractivity contribution is 5.97. The Hall–Kier alpha value is -2.11. The van der Waals surface area contributed by atoms with Gasteiger partial charge in [0.25, 0.3) is 11.8 Å². The summed E-state index contributed by atoms with van der Waals surface area (Å²) < 4.78 is 1.88. The maximum absolute atomic E-state index is 12.3. The van der Waals surface area contributed by atoms with E-state index in [9.17, 15) is 9.59 Å². The standard InChI is InChI=1S/C16H24N4O2/c1-4-8-17-16(22)14-19-13(15(21)18-10-11(2)3)12-7-5-6-9-20(12)14/h4,11H,1,5-10H2,2-3H3,(H,17,22)(H,18,21). The first-order chi connectivity index (χ1) is 10.5. The molecule has 0 radical (unpaired) electrons. The maximum atomic E-state index is 12.3. The Labute approximate surface area is 131 Å². The molecule has 0 atom stereocenters. The van der Waals surface area contributed by atoms with Crippen molar-refractivity contribution in [2.24, 2.45) is 5.92 Å². The number of carbonyl (C=O) groups excluding carboxylic acids is 2. The summed E-state index contributed by atoms with van der Waals surface area (Å²) >= 11 is 0. The van der Waals surface area contributed by atoms with Gasteiger partial charge in [0.1, 0.15) is 5.69 Å². The molecule has 1 aliphatic rings. The summed E-state index contributed by atoms with van der Waals surface area (Å²) in [7, 11) is 0. The molecule has 0 bridgehead atoms. The molecule has 0 aliphatic carbocycles. The average Bonchev–Trinajstić information content (AvgIpc) is 2.90. The number of aromatic nitrogens is 2. The van der Waals surface area contributed by atoms with Crippen LogP contribution in [-0.2, 0) is 13.0 Å². The van der Waals surface area contributed by atoms with Crippen LogP contribution in [0.1, 0.15) is 53.5 Å². The molecule has 1 aliphatic heterocycles. The summed E-state index contributed by atoms with van der Waals surface area (Å²) in [5.41, 5.74) is 1.26. The molecule has 120 valence electrons. The van der Waals surface area contributed by atoms with E-state index in [0.29, 0.717) is 30.5 Å². The zero-order chi connectivity index (χ0) is 16.1. The Morgan fingerprint density at radius 3 is 2.77 bits per heavy atom. The van der Waals surface area contributed by atoms with E-state index in [-0.39, 0.29) is 11.8 Å². The van der Waals surface area contributed by atoms with Crippen molar-refractivity contribution in [2.45, 2.75) is 39.7 Å². The smallest absolute Gasteiger partial charge is 0.287 e. The number of nitrogens with zero attached hydrogens (tertiary/aromatic N) is 2. The van der Waals surface area contributed by atoms with Gasteiger partial charge in [-0.2, -0.15) is 0 Å². The second kappa shape index (κ2) is 7.24. The van der Waals surface area contributed by atoms with Crippen molar-refractivity contribution in [3.8, 4) is 0 Å². The van der Waals surface area contributed by atoms with Gasteiger partial charge in [0, 0.05) is 19.6 Å². The number of imidazole rings is 1. The van der Waals surface area contributed by atoms with Crippen LogP contribution in [-0.4, -0.2) is 34.5 Å². The van der Waals surface area contributed by atoms with Crippen LogP contribution in [0, 0.1) is 5.92 Å². The summed E-state index contributed by atoms with van der Waals surface area (Å²) in [5, 5.41) is 5.61. The van der Waals surface area contributed by atoms with Crippen LogP contribution in [0.25, 0.3) is 0 Å². The van der Waals surface area contributed by atoms with Gasteiger partial charge in [-0.1, -0.05) is 19.9 Å². The van der Waals surface area contributed by atoms with Gasteiger partial charge in [-0.05, 0) is 25.2 Å². The Morgan fingerprint density at radius 1 is 1.32 bits per heavy atom. The highest BCUT2D eigenvalue weighted by atomic mass is 16.2. The topological polar surface area (TPSA) is 76.0 Å². The molecule has 22 heavy (non-hydrogen) atoms. The van der Waals surface area contributed by atoms with Crippen LogP contribution in [0.5, 0.6) is 0 Å². The number of fused-ring (bicyclic) bond motifs is 1. The Morgan fingerprint density at radius 2 is 2.09 bits per heavy atom. The average molecular weight is 304 g/mol. The minimum absolute atomic E-state index is 0.192. The van der Waals surface area contributed by atoms with Crippen LogP contribution < -0.4 is 10.6 Å². The number of nitrogens with one attached hydrogen (secondary N) is 2. The van der Waals surface area contributed by atoms with Crippen LogP contribution in [0.3, 0.4) is 0 Å². The van der Waals surface area contributed by atoms with E-state index in [2.05, 4.69) is 22.2 Å². The summed E-state index contributed by atoms with van der Waals surface area (Å²) in [5.74, 6) is 0.247. The van der Waals surface area contributed by atoms with Gasteiger partial charge in [0.05, 0.1) is 5.69 Å². The molecule has 2 rings (SSSR count). The van der Waals surface area contributed by atoms with E-state index < -0.39 is 0 Å². The van der Waals surface area contributed by atoms with Gasteiger partial charge < -0.3 is 15.2 Å². The maximum Gasteiger partial charge on any atom is 0.287 e. The van der Waals surface area contributed by atoms with Crippen molar-refractivity contribution in [1.82, 2.24) is 20.2 Å². The van der Waals surface area contributed by atoms with Gasteiger partial charge in [0.2, 0.25) is 0 Å². The van der Waals surface area contributed by atoms with Crippen molar-refractivity contribution < 1.29 is 9.59 Å². The van der Waals surface area contributed by atoms with Gasteiger partial charge in [-0.25, -0.2) is 4.98 Å². The fourth-order valence-electron chi connectivity index (χ4n) is 2.52. The molecule has 0 spiro atoms. The van der Waals surface area contributed by atoms with E-state index in [1.54, 1.807) is 6.08 Å². The number of hydrogen-bond acceptors (Lipinski definition) is 3. The Bertz CT molecular complexity index is 575. The third-order valence-electron chi connectivity index (χ3n) is 3.61. The summed E-state index contributed by atoms with van der Waals surface area (Å²) in [6.07, 6.45) is 4.42. The van der Waals surface area contributed by atoms with Crippen molar-refractivity contribution in [3.05, 3.63) is 29.9 Å². The lowest BCUT2D eigenvalue weighted by molar-refractivity contribution is 0.0941. The van der Waals surface area contributed by atoms with Crippen LogP contribution >= 0.6 is 0 Å². The first kappa shape index (κ1) is 16.3. The Kier molecular flexibility index (Phi) is 5.35. The lowest BCUT2D eigenvalue weighted by Crippen LogP contribution is -2.29. The normalized spacial score (nSPS) is 13.6. The zero-order valence-electron chi connectivity index (χ0n) is 13.3. The highest BCUT2D eigenvalue weighted by Gasteiger charge is 2.27. The second-order valence-electron chi connectivity index (χ2n) is 5.94. The van der Waals surface area contributed by atoms with E-state index in [0.717, 1.165) is 31.5 Å². The first-order valence-corrected chi connectivity index (χ1v) is 7.81. The van der Waals surface area contributed by atoms with Gasteiger partial charge in [-0.15, -0.1) is 6.58 Å². The largest absolute Gasteiger partial charge is 0.350 e. The molecule has 1 aromatic heterocycles. The van der Waals surface area contributed by atoms with Crippen molar-refractivity contribution >= 4 is 11.8 Å². The zero-order valence-corrected chi connectivity index (χ0v) is 13.3. The van der Waals surface area contributed by atoms with E-state index in [4.69, 9.17) is 0 Å². The van der Waals surface area contributed by atoms with Crippen molar-refractivity contribution in [2.75, 3.05) is 13.1 Å². The van der Waals surface area contributed by atoms with E-state index >= 15 is 0 Å². The molecule has 0 aromatic carbocycles. The lowest BCUT2D eigenvalue weighted by atomic mass is 10.1. The molecule has 0 fully saturated rings. The predicted molar refractivity (Wildman–Crippen MR) is 84.9 cm³/mol. The molecular formula is C16H24N4O2. The van der Waals surface area contributed by atoms with Gasteiger partial charge in [-0.3, -0.25) is 9.59 Å². The minimum atomic E-state index is -0.258. The van der Waals surface area contributed by atoms with Crippen LogP contribution in [0.4, 0.5) is 0 Å². The van der Waals surface area contributed by atoms with Crippen LogP contribution in [0.15, 0.2) is 12.7 Å². The fourth-order valence-corrected chi connectivity index (χ4v) is 2.52. The second-order valence-corrected chi connectivity index (χ2v) is 5.94. The van der Waals surface area contributed by atoms with E-state index in [1.165, 1.54) is 0 Å². The molecule has 0 saturated carbocycles.